The second-order valence-electron chi connectivity index (χ2n) is 8.54. The molecule has 0 saturated carbocycles. The second-order valence-corrected chi connectivity index (χ2v) is 8.54. The molecule has 184 valence electrons. The van der Waals surface area contributed by atoms with Crippen LogP contribution >= 0.6 is 0 Å². The van der Waals surface area contributed by atoms with E-state index in [1.54, 1.807) is 20.8 Å². The molecule has 14 heteroatoms. The van der Waals surface area contributed by atoms with Gasteiger partial charge in [-0.25, -0.2) is 4.79 Å². The summed E-state index contributed by atoms with van der Waals surface area (Å²) in [5, 5.41) is 0. The average molecular weight is 480 g/mol. The van der Waals surface area contributed by atoms with E-state index in [1.807, 2.05) is 0 Å². The summed E-state index contributed by atoms with van der Waals surface area (Å²) in [5.41, 5.74) is -0.886. The van der Waals surface area contributed by atoms with Crippen molar-refractivity contribution in [3.63, 3.8) is 0 Å². The van der Waals surface area contributed by atoms with Gasteiger partial charge in [0.1, 0.15) is 12.7 Å². The lowest BCUT2D eigenvalue weighted by molar-refractivity contribution is -0.340. The van der Waals surface area contributed by atoms with Gasteiger partial charge >= 0.3 is 24.3 Å². The van der Waals surface area contributed by atoms with Crippen LogP contribution in [0.5, 0.6) is 0 Å². The minimum atomic E-state index is -5.70. The molecule has 3 fully saturated rings. The van der Waals surface area contributed by atoms with Crippen LogP contribution in [-0.2, 0) is 38.0 Å². The summed E-state index contributed by atoms with van der Waals surface area (Å²) in [6.07, 6.45) is -21.1. The molecule has 0 spiro atoms. The number of halogens is 6. The molecular weight excluding hydrogens is 458 g/mol. The highest BCUT2D eigenvalue weighted by molar-refractivity contribution is 5.84. The molecule has 0 radical (unpaired) electrons. The van der Waals surface area contributed by atoms with Crippen LogP contribution in [0.15, 0.2) is 0 Å². The molecule has 32 heavy (non-hydrogen) atoms. The lowest BCUT2D eigenvalue weighted by atomic mass is 9.90. The summed E-state index contributed by atoms with van der Waals surface area (Å²) in [4.78, 5) is 24.5. The predicted molar refractivity (Wildman–Crippen MR) is 88.7 cm³/mol. The molecule has 6 atom stereocenters. The molecular formula is C18H22F6O8. The first-order valence-electron chi connectivity index (χ1n) is 9.66. The highest BCUT2D eigenvalue weighted by atomic mass is 19.4. The van der Waals surface area contributed by atoms with Gasteiger partial charge in [0.05, 0.1) is 5.41 Å². The molecule has 0 N–H and O–H groups in total. The van der Waals surface area contributed by atoms with Gasteiger partial charge in [-0.05, 0) is 27.2 Å². The third kappa shape index (κ3) is 4.68. The number of carbonyl (C=O) groups is 2. The largest absolute Gasteiger partial charge is 0.454 e. The molecule has 3 rings (SSSR count). The van der Waals surface area contributed by atoms with Crippen molar-refractivity contribution in [3.8, 4) is 0 Å². The minimum Gasteiger partial charge on any atom is -0.454 e. The van der Waals surface area contributed by atoms with Gasteiger partial charge in [0, 0.05) is 0 Å². The maximum absolute atomic E-state index is 12.7. The van der Waals surface area contributed by atoms with Crippen LogP contribution in [0.3, 0.4) is 0 Å². The first kappa shape index (κ1) is 25.0. The van der Waals surface area contributed by atoms with Crippen molar-refractivity contribution < 1.29 is 64.4 Å². The molecule has 0 aliphatic carbocycles. The highest BCUT2D eigenvalue weighted by Crippen LogP contribution is 2.44. The summed E-state index contributed by atoms with van der Waals surface area (Å²) in [6.45, 7) is 4.81. The molecule has 0 aromatic rings. The van der Waals surface area contributed by atoms with Crippen LogP contribution in [0, 0.1) is 5.41 Å². The van der Waals surface area contributed by atoms with E-state index < -0.39 is 78.9 Å². The number of ether oxygens (including phenoxy) is 6. The predicted octanol–water partition coefficient (Wildman–Crippen LogP) is 2.63. The van der Waals surface area contributed by atoms with Crippen LogP contribution in [0.4, 0.5) is 26.3 Å². The molecule has 6 unspecified atom stereocenters. The smallest absolute Gasteiger partial charge is 0.423 e. The fraction of sp³-hybridized carbons (Fsp3) is 0.889. The standard InChI is InChI=1S/C18H22F6O8/c1-5-15(2,3)14(26)30-9-7-8(28-11(9)25)10-12(29-7)32-16(4,31-10)6-27-13(17(19,20)21)18(22,23)24/h7-10,12-13H,5-6H2,1-4H3. The zero-order chi connectivity index (χ0) is 24.3. The first-order valence-corrected chi connectivity index (χ1v) is 9.66. The number of hydrogen-bond acceptors (Lipinski definition) is 8. The topological polar surface area (TPSA) is 89.5 Å². The average Bonchev–Trinajstić information content (AvgIpc) is 3.21. The van der Waals surface area contributed by atoms with Gasteiger partial charge in [-0.1, -0.05) is 6.92 Å². The van der Waals surface area contributed by atoms with E-state index in [2.05, 4.69) is 4.74 Å². The third-order valence-electron chi connectivity index (χ3n) is 5.52. The molecule has 8 nitrogen and oxygen atoms in total. The molecule has 3 aliphatic rings. The molecule has 3 saturated heterocycles. The van der Waals surface area contributed by atoms with Crippen molar-refractivity contribution in [2.24, 2.45) is 5.41 Å². The number of fused-ring (bicyclic) bond motifs is 3. The van der Waals surface area contributed by atoms with Crippen LogP contribution in [0.1, 0.15) is 34.1 Å². The molecule has 3 aliphatic heterocycles. The van der Waals surface area contributed by atoms with Crippen LogP contribution in [0.2, 0.25) is 0 Å². The maximum atomic E-state index is 12.7. The highest BCUT2D eigenvalue weighted by Gasteiger charge is 2.66. The van der Waals surface area contributed by atoms with Crippen molar-refractivity contribution in [2.45, 2.75) is 89.1 Å². The Morgan fingerprint density at radius 3 is 2.19 bits per heavy atom. The quantitative estimate of drug-likeness (QED) is 0.424. The van der Waals surface area contributed by atoms with Gasteiger partial charge in [-0.15, -0.1) is 0 Å². The van der Waals surface area contributed by atoms with Gasteiger partial charge in [-0.3, -0.25) is 4.79 Å². The minimum absolute atomic E-state index is 0.426. The van der Waals surface area contributed by atoms with Gasteiger partial charge in [-0.2, -0.15) is 26.3 Å². The maximum Gasteiger partial charge on any atom is 0.423 e. The van der Waals surface area contributed by atoms with Gasteiger partial charge < -0.3 is 28.4 Å². The summed E-state index contributed by atoms with van der Waals surface area (Å²) in [5.74, 6) is -3.63. The van der Waals surface area contributed by atoms with Gasteiger partial charge in [0.15, 0.2) is 24.3 Å². The van der Waals surface area contributed by atoms with Crippen LogP contribution in [-0.4, -0.2) is 73.5 Å². The van der Waals surface area contributed by atoms with Crippen molar-refractivity contribution in [1.29, 1.82) is 0 Å². The molecule has 0 amide bonds. The van der Waals surface area contributed by atoms with E-state index in [1.165, 1.54) is 0 Å². The first-order chi connectivity index (χ1) is 14.5. The van der Waals surface area contributed by atoms with E-state index in [4.69, 9.17) is 23.7 Å². The number of alkyl halides is 6. The lowest BCUT2D eigenvalue weighted by Crippen LogP contribution is -2.48. The van der Waals surface area contributed by atoms with Gasteiger partial charge in [0.2, 0.25) is 12.2 Å². The Kier molecular flexibility index (Phi) is 6.24. The molecule has 3 heterocycles. The zero-order valence-corrected chi connectivity index (χ0v) is 17.4. The van der Waals surface area contributed by atoms with E-state index >= 15 is 0 Å². The number of hydrogen-bond donors (Lipinski definition) is 0. The van der Waals surface area contributed by atoms with E-state index in [-0.39, 0.29) is 0 Å². The normalized spacial score (nSPS) is 35.1. The lowest BCUT2D eigenvalue weighted by Gasteiger charge is -2.29. The summed E-state index contributed by atoms with van der Waals surface area (Å²) >= 11 is 0. The number of rotatable bonds is 6. The van der Waals surface area contributed by atoms with E-state index in [0.29, 0.717) is 6.42 Å². The molecule has 0 bridgehead atoms. The van der Waals surface area contributed by atoms with Crippen molar-refractivity contribution >= 4 is 11.9 Å². The SMILES string of the molecule is CCC(C)(C)C(=O)OC1C(=O)OC2C3OC(C)(COC(C(F)(F)F)C(F)(F)F)OC3OC12. The monoisotopic (exact) mass is 480 g/mol. The Morgan fingerprint density at radius 1 is 1.06 bits per heavy atom. The van der Waals surface area contributed by atoms with E-state index in [0.717, 1.165) is 6.92 Å². The Hall–Kier alpha value is -1.64. The van der Waals surface area contributed by atoms with Crippen LogP contribution in [0.25, 0.3) is 0 Å². The summed E-state index contributed by atoms with van der Waals surface area (Å²) in [7, 11) is 0. The number of esters is 2. The van der Waals surface area contributed by atoms with E-state index in [9.17, 15) is 35.9 Å². The molecule has 0 aromatic heterocycles. The Bertz CT molecular complexity index is 739. The van der Waals surface area contributed by atoms with Crippen molar-refractivity contribution in [1.82, 2.24) is 0 Å². The fourth-order valence-corrected chi connectivity index (χ4v) is 3.36. The third-order valence-corrected chi connectivity index (χ3v) is 5.52. The second kappa shape index (κ2) is 7.99. The summed E-state index contributed by atoms with van der Waals surface area (Å²) < 4.78 is 107. The Labute approximate surface area is 178 Å². The van der Waals surface area contributed by atoms with Crippen molar-refractivity contribution in [2.75, 3.05) is 6.61 Å². The van der Waals surface area contributed by atoms with Crippen LogP contribution < -0.4 is 0 Å². The molecule has 0 aromatic carbocycles. The summed E-state index contributed by atoms with van der Waals surface area (Å²) in [6, 6.07) is 0. The van der Waals surface area contributed by atoms with Gasteiger partial charge in [0.25, 0.3) is 0 Å². The number of carbonyl (C=O) groups excluding carboxylic acids is 2. The Balaban J connectivity index is 1.64. The van der Waals surface area contributed by atoms with Crippen molar-refractivity contribution in [3.05, 3.63) is 0 Å². The fourth-order valence-electron chi connectivity index (χ4n) is 3.36. The zero-order valence-electron chi connectivity index (χ0n) is 17.4. The Morgan fingerprint density at radius 2 is 1.66 bits per heavy atom.